The number of hydrogen-bond donors (Lipinski definition) is 0. The average molecular weight is 226 g/mol. The third-order valence-corrected chi connectivity index (χ3v) is 2.86. The highest BCUT2D eigenvalue weighted by molar-refractivity contribution is 6.28. The van der Waals surface area contributed by atoms with Gasteiger partial charge in [-0.3, -0.25) is 0 Å². The molecule has 0 atom stereocenters. The molecule has 0 aliphatic heterocycles. The summed E-state index contributed by atoms with van der Waals surface area (Å²) in [7, 11) is 0. The second-order valence-electron chi connectivity index (χ2n) is 4.12. The molecule has 0 aromatic carbocycles. The molecule has 1 fully saturated rings. The molecule has 1 aliphatic rings. The van der Waals surface area contributed by atoms with E-state index < -0.39 is 0 Å². The lowest BCUT2D eigenvalue weighted by atomic mass is 10.3. The third kappa shape index (κ3) is 2.81. The van der Waals surface area contributed by atoms with Crippen LogP contribution in [0.2, 0.25) is 5.28 Å². The normalized spacial score (nSPS) is 15.4. The van der Waals surface area contributed by atoms with Crippen molar-refractivity contribution in [1.29, 1.82) is 0 Å². The van der Waals surface area contributed by atoms with Gasteiger partial charge >= 0.3 is 0 Å². The van der Waals surface area contributed by atoms with E-state index in [2.05, 4.69) is 21.8 Å². The van der Waals surface area contributed by atoms with Gasteiger partial charge in [0, 0.05) is 24.8 Å². The summed E-state index contributed by atoms with van der Waals surface area (Å²) in [5.41, 5.74) is 0.930. The van der Waals surface area contributed by atoms with Crippen molar-refractivity contribution in [2.24, 2.45) is 5.92 Å². The highest BCUT2D eigenvalue weighted by atomic mass is 35.5. The van der Waals surface area contributed by atoms with Crippen LogP contribution >= 0.6 is 11.6 Å². The second kappa shape index (κ2) is 4.35. The molecule has 82 valence electrons. The van der Waals surface area contributed by atoms with Gasteiger partial charge in [-0.25, -0.2) is 9.97 Å². The van der Waals surface area contributed by atoms with E-state index in [-0.39, 0.29) is 0 Å². The summed E-state index contributed by atoms with van der Waals surface area (Å²) < 4.78 is 0. The topological polar surface area (TPSA) is 29.0 Å². The summed E-state index contributed by atoms with van der Waals surface area (Å²) in [6.45, 7) is 6.17. The fraction of sp³-hybridized carbons (Fsp3) is 0.636. The Hall–Kier alpha value is -0.830. The molecule has 15 heavy (non-hydrogen) atoms. The number of rotatable bonds is 4. The third-order valence-electron chi connectivity index (χ3n) is 2.69. The zero-order valence-electron chi connectivity index (χ0n) is 9.20. The number of aromatic nitrogens is 2. The van der Waals surface area contributed by atoms with E-state index in [9.17, 15) is 0 Å². The highest BCUT2D eigenvalue weighted by Crippen LogP contribution is 2.31. The molecule has 1 aliphatic carbocycles. The number of nitrogens with zero attached hydrogens (tertiary/aromatic N) is 3. The van der Waals surface area contributed by atoms with E-state index in [0.29, 0.717) is 5.28 Å². The van der Waals surface area contributed by atoms with Crippen LogP contribution in [-0.2, 0) is 0 Å². The van der Waals surface area contributed by atoms with Crippen LogP contribution < -0.4 is 4.90 Å². The van der Waals surface area contributed by atoms with Crippen molar-refractivity contribution in [3.8, 4) is 0 Å². The standard InChI is InChI=1S/C11H16ClN3/c1-3-15(7-9-4-5-9)10-6-8(2)13-11(12)14-10/h6,9H,3-5,7H2,1-2H3. The summed E-state index contributed by atoms with van der Waals surface area (Å²) in [5, 5.41) is 0.347. The van der Waals surface area contributed by atoms with Gasteiger partial charge in [0.15, 0.2) is 0 Å². The molecule has 1 aromatic heterocycles. The van der Waals surface area contributed by atoms with Gasteiger partial charge in [0.05, 0.1) is 0 Å². The zero-order valence-corrected chi connectivity index (χ0v) is 9.96. The van der Waals surface area contributed by atoms with Gasteiger partial charge in [0.25, 0.3) is 0 Å². The van der Waals surface area contributed by atoms with Gasteiger partial charge in [-0.1, -0.05) is 0 Å². The lowest BCUT2D eigenvalue weighted by Crippen LogP contribution is -2.26. The van der Waals surface area contributed by atoms with Gasteiger partial charge in [0.1, 0.15) is 5.82 Å². The summed E-state index contributed by atoms with van der Waals surface area (Å²) >= 11 is 5.85. The van der Waals surface area contributed by atoms with Crippen molar-refractivity contribution in [3.05, 3.63) is 17.0 Å². The van der Waals surface area contributed by atoms with Crippen LogP contribution in [-0.4, -0.2) is 23.1 Å². The van der Waals surface area contributed by atoms with Crippen molar-refractivity contribution in [1.82, 2.24) is 9.97 Å². The molecule has 4 heteroatoms. The SMILES string of the molecule is CCN(CC1CC1)c1cc(C)nc(Cl)n1. The Morgan fingerprint density at radius 2 is 2.20 bits per heavy atom. The molecule has 3 nitrogen and oxygen atoms in total. The quantitative estimate of drug-likeness (QED) is 0.738. The van der Waals surface area contributed by atoms with Crippen LogP contribution in [0.5, 0.6) is 0 Å². The van der Waals surface area contributed by atoms with Crippen molar-refractivity contribution in [3.63, 3.8) is 0 Å². The van der Waals surface area contributed by atoms with Crippen LogP contribution in [0, 0.1) is 12.8 Å². The predicted octanol–water partition coefficient (Wildman–Crippen LogP) is 2.67. The van der Waals surface area contributed by atoms with Crippen molar-refractivity contribution < 1.29 is 0 Å². The zero-order chi connectivity index (χ0) is 10.8. The molecule has 0 radical (unpaired) electrons. The molecule has 0 N–H and O–H groups in total. The van der Waals surface area contributed by atoms with E-state index in [1.807, 2.05) is 13.0 Å². The first kappa shape index (κ1) is 10.7. The predicted molar refractivity (Wildman–Crippen MR) is 62.4 cm³/mol. The van der Waals surface area contributed by atoms with E-state index in [0.717, 1.165) is 30.5 Å². The molecule has 1 aromatic rings. The van der Waals surface area contributed by atoms with Crippen molar-refractivity contribution >= 4 is 17.4 Å². The van der Waals surface area contributed by atoms with Gasteiger partial charge in [-0.15, -0.1) is 0 Å². The summed E-state index contributed by atoms with van der Waals surface area (Å²) in [4.78, 5) is 10.6. The molecule has 0 saturated heterocycles. The summed E-state index contributed by atoms with van der Waals surface area (Å²) in [6, 6.07) is 2.00. The van der Waals surface area contributed by atoms with Crippen molar-refractivity contribution in [2.45, 2.75) is 26.7 Å². The molecule has 0 bridgehead atoms. The Balaban J connectivity index is 2.16. The fourth-order valence-corrected chi connectivity index (χ4v) is 1.90. The average Bonchev–Trinajstić information content (AvgIpc) is 2.96. The maximum Gasteiger partial charge on any atom is 0.224 e. The molecule has 0 amide bonds. The molecular formula is C11H16ClN3. The van der Waals surface area contributed by atoms with Crippen LogP contribution in [0.15, 0.2) is 6.07 Å². The highest BCUT2D eigenvalue weighted by Gasteiger charge is 2.24. The molecule has 2 rings (SSSR count). The first-order chi connectivity index (χ1) is 7.19. The Morgan fingerprint density at radius 1 is 1.47 bits per heavy atom. The molecular weight excluding hydrogens is 210 g/mol. The Bertz CT molecular complexity index is 329. The van der Waals surface area contributed by atoms with Crippen LogP contribution in [0.1, 0.15) is 25.5 Å². The molecule has 0 unspecified atom stereocenters. The fourth-order valence-electron chi connectivity index (χ4n) is 1.68. The first-order valence-corrected chi connectivity index (χ1v) is 5.83. The van der Waals surface area contributed by atoms with Gasteiger partial charge in [-0.2, -0.15) is 0 Å². The summed E-state index contributed by atoms with van der Waals surface area (Å²) in [5.74, 6) is 1.82. The van der Waals surface area contributed by atoms with Gasteiger partial charge < -0.3 is 4.90 Å². The van der Waals surface area contributed by atoms with E-state index >= 15 is 0 Å². The lowest BCUT2D eigenvalue weighted by molar-refractivity contribution is 0.729. The lowest BCUT2D eigenvalue weighted by Gasteiger charge is -2.21. The first-order valence-electron chi connectivity index (χ1n) is 5.45. The maximum atomic E-state index is 5.85. The minimum absolute atomic E-state index is 0.347. The number of aryl methyl sites for hydroxylation is 1. The van der Waals surface area contributed by atoms with Crippen LogP contribution in [0.4, 0.5) is 5.82 Å². The minimum atomic E-state index is 0.347. The number of hydrogen-bond acceptors (Lipinski definition) is 3. The summed E-state index contributed by atoms with van der Waals surface area (Å²) in [6.07, 6.45) is 2.71. The van der Waals surface area contributed by atoms with E-state index in [1.54, 1.807) is 0 Å². The minimum Gasteiger partial charge on any atom is -0.356 e. The number of halogens is 1. The maximum absolute atomic E-state index is 5.85. The van der Waals surface area contributed by atoms with E-state index in [1.165, 1.54) is 12.8 Å². The second-order valence-corrected chi connectivity index (χ2v) is 4.46. The van der Waals surface area contributed by atoms with Crippen LogP contribution in [0.3, 0.4) is 0 Å². The number of anilines is 1. The Morgan fingerprint density at radius 3 is 2.73 bits per heavy atom. The monoisotopic (exact) mass is 225 g/mol. The van der Waals surface area contributed by atoms with Gasteiger partial charge in [0.2, 0.25) is 5.28 Å². The largest absolute Gasteiger partial charge is 0.356 e. The smallest absolute Gasteiger partial charge is 0.224 e. The molecule has 1 saturated carbocycles. The molecule has 1 heterocycles. The Labute approximate surface area is 95.5 Å². The van der Waals surface area contributed by atoms with Crippen molar-refractivity contribution in [2.75, 3.05) is 18.0 Å². The van der Waals surface area contributed by atoms with E-state index in [4.69, 9.17) is 11.6 Å². The Kier molecular flexibility index (Phi) is 3.10. The van der Waals surface area contributed by atoms with Crippen LogP contribution in [0.25, 0.3) is 0 Å². The molecule has 0 spiro atoms. The van der Waals surface area contributed by atoms with Gasteiger partial charge in [-0.05, 0) is 44.2 Å².